The van der Waals surface area contributed by atoms with Crippen molar-refractivity contribution in [2.75, 3.05) is 0 Å². The molecule has 7 heteroatoms. The van der Waals surface area contributed by atoms with Crippen LogP contribution in [0.2, 0.25) is 0 Å². The highest BCUT2D eigenvalue weighted by atomic mass is 16.4. The Kier molecular flexibility index (Phi) is 3.38. The predicted octanol–water partition coefficient (Wildman–Crippen LogP) is 1.64. The summed E-state index contributed by atoms with van der Waals surface area (Å²) < 4.78 is 0. The van der Waals surface area contributed by atoms with Crippen LogP contribution < -0.4 is 5.43 Å². The number of aryl methyl sites for hydroxylation is 1. The number of hydrogen-bond donors (Lipinski definition) is 2. The maximum atomic E-state index is 12.3. The average molecular weight is 296 g/mol. The number of aromatic carboxylic acids is 1. The van der Waals surface area contributed by atoms with E-state index in [9.17, 15) is 9.59 Å². The number of nitrogens with one attached hydrogen (secondary N) is 1. The summed E-state index contributed by atoms with van der Waals surface area (Å²) >= 11 is 0. The zero-order valence-corrected chi connectivity index (χ0v) is 11.7. The molecule has 0 spiro atoms. The molecule has 0 fully saturated rings. The van der Waals surface area contributed by atoms with Crippen LogP contribution >= 0.6 is 0 Å². The SMILES string of the molecule is CCc1nc(-c2cccnc2)nc2[nH]cc(C(=O)O)c(=O)c12. The van der Waals surface area contributed by atoms with Gasteiger partial charge in [0.1, 0.15) is 11.2 Å². The molecule has 0 amide bonds. The van der Waals surface area contributed by atoms with Crippen molar-refractivity contribution in [3.8, 4) is 11.4 Å². The van der Waals surface area contributed by atoms with E-state index in [0.29, 0.717) is 23.6 Å². The third-order valence-electron chi connectivity index (χ3n) is 3.29. The van der Waals surface area contributed by atoms with Crippen molar-refractivity contribution in [2.24, 2.45) is 0 Å². The topological polar surface area (TPSA) is 109 Å². The van der Waals surface area contributed by atoms with Crippen LogP contribution in [0, 0.1) is 0 Å². The molecule has 0 saturated heterocycles. The van der Waals surface area contributed by atoms with Gasteiger partial charge in [0.05, 0.1) is 11.1 Å². The van der Waals surface area contributed by atoms with Gasteiger partial charge in [-0.25, -0.2) is 14.8 Å². The van der Waals surface area contributed by atoms with Crippen LogP contribution in [0.15, 0.2) is 35.5 Å². The highest BCUT2D eigenvalue weighted by Gasteiger charge is 2.17. The number of aromatic nitrogens is 4. The highest BCUT2D eigenvalue weighted by molar-refractivity contribution is 5.92. The van der Waals surface area contributed by atoms with Crippen LogP contribution in [-0.4, -0.2) is 31.0 Å². The molecule has 3 rings (SSSR count). The van der Waals surface area contributed by atoms with Gasteiger partial charge in [0, 0.05) is 24.2 Å². The van der Waals surface area contributed by atoms with Gasteiger partial charge in [-0.05, 0) is 18.6 Å². The molecule has 0 bridgehead atoms. The van der Waals surface area contributed by atoms with E-state index in [4.69, 9.17) is 5.11 Å². The Morgan fingerprint density at radius 3 is 2.82 bits per heavy atom. The summed E-state index contributed by atoms with van der Waals surface area (Å²) in [7, 11) is 0. The fraction of sp³-hybridized carbons (Fsp3) is 0.133. The second-order valence-corrected chi connectivity index (χ2v) is 4.65. The lowest BCUT2D eigenvalue weighted by molar-refractivity contribution is 0.0695. The number of carboxylic acid groups (broad SMARTS) is 1. The molecule has 0 atom stereocenters. The van der Waals surface area contributed by atoms with E-state index in [-0.39, 0.29) is 10.9 Å². The molecular formula is C15H12N4O3. The molecule has 0 aliphatic carbocycles. The minimum atomic E-state index is -1.28. The summed E-state index contributed by atoms with van der Waals surface area (Å²) in [6, 6.07) is 3.59. The highest BCUT2D eigenvalue weighted by Crippen LogP contribution is 2.18. The molecule has 3 heterocycles. The summed E-state index contributed by atoms with van der Waals surface area (Å²) in [6.45, 7) is 1.85. The molecular weight excluding hydrogens is 284 g/mol. The Bertz CT molecular complexity index is 919. The van der Waals surface area contributed by atoms with E-state index >= 15 is 0 Å². The van der Waals surface area contributed by atoms with Crippen LogP contribution in [0.4, 0.5) is 0 Å². The third-order valence-corrected chi connectivity index (χ3v) is 3.29. The Balaban J connectivity index is 2.33. The largest absolute Gasteiger partial charge is 0.477 e. The van der Waals surface area contributed by atoms with E-state index in [1.54, 1.807) is 18.5 Å². The van der Waals surface area contributed by atoms with Gasteiger partial charge in [-0.3, -0.25) is 9.78 Å². The molecule has 0 saturated carbocycles. The molecule has 0 radical (unpaired) electrons. The predicted molar refractivity (Wildman–Crippen MR) is 79.7 cm³/mol. The van der Waals surface area contributed by atoms with Crippen molar-refractivity contribution in [1.29, 1.82) is 0 Å². The van der Waals surface area contributed by atoms with E-state index < -0.39 is 11.4 Å². The van der Waals surface area contributed by atoms with Crippen LogP contribution in [-0.2, 0) is 6.42 Å². The van der Waals surface area contributed by atoms with Crippen LogP contribution in [0.5, 0.6) is 0 Å². The van der Waals surface area contributed by atoms with Crippen molar-refractivity contribution >= 4 is 17.0 Å². The lowest BCUT2D eigenvalue weighted by atomic mass is 10.1. The number of fused-ring (bicyclic) bond motifs is 1. The molecule has 22 heavy (non-hydrogen) atoms. The fourth-order valence-corrected chi connectivity index (χ4v) is 2.23. The van der Waals surface area contributed by atoms with Gasteiger partial charge in [0.15, 0.2) is 5.82 Å². The van der Waals surface area contributed by atoms with Crippen LogP contribution in [0.25, 0.3) is 22.4 Å². The molecule has 110 valence electrons. The van der Waals surface area contributed by atoms with Crippen molar-refractivity contribution in [2.45, 2.75) is 13.3 Å². The monoisotopic (exact) mass is 296 g/mol. The Morgan fingerprint density at radius 1 is 1.36 bits per heavy atom. The summed E-state index contributed by atoms with van der Waals surface area (Å²) in [5, 5.41) is 9.27. The number of carboxylic acids is 1. The molecule has 3 aromatic rings. The molecule has 0 aliphatic rings. The molecule has 0 unspecified atom stereocenters. The first-order valence-electron chi connectivity index (χ1n) is 6.67. The van der Waals surface area contributed by atoms with Crippen molar-refractivity contribution in [3.63, 3.8) is 0 Å². The molecule has 0 aromatic carbocycles. The number of aromatic amines is 1. The first-order valence-corrected chi connectivity index (χ1v) is 6.67. The van der Waals surface area contributed by atoms with Crippen LogP contribution in [0.1, 0.15) is 23.0 Å². The molecule has 7 nitrogen and oxygen atoms in total. The van der Waals surface area contributed by atoms with E-state index in [1.165, 1.54) is 0 Å². The lowest BCUT2D eigenvalue weighted by Gasteiger charge is -2.07. The molecule has 3 aromatic heterocycles. The fourth-order valence-electron chi connectivity index (χ4n) is 2.23. The summed E-state index contributed by atoms with van der Waals surface area (Å²) in [5.74, 6) is -0.835. The maximum Gasteiger partial charge on any atom is 0.341 e. The maximum absolute atomic E-state index is 12.3. The minimum absolute atomic E-state index is 0.218. The first kappa shape index (κ1) is 13.9. The lowest BCUT2D eigenvalue weighted by Crippen LogP contribution is -2.18. The van der Waals surface area contributed by atoms with Gasteiger partial charge in [-0.1, -0.05) is 6.92 Å². The number of carbonyl (C=O) groups is 1. The Morgan fingerprint density at radius 2 is 2.18 bits per heavy atom. The molecule has 2 N–H and O–H groups in total. The number of rotatable bonds is 3. The van der Waals surface area contributed by atoms with Crippen LogP contribution in [0.3, 0.4) is 0 Å². The van der Waals surface area contributed by atoms with Gasteiger partial charge >= 0.3 is 5.97 Å². The van der Waals surface area contributed by atoms with Crippen molar-refractivity contribution in [3.05, 3.63) is 52.2 Å². The minimum Gasteiger partial charge on any atom is -0.477 e. The number of hydrogen-bond acceptors (Lipinski definition) is 5. The number of nitrogens with zero attached hydrogens (tertiary/aromatic N) is 3. The van der Waals surface area contributed by atoms with Gasteiger partial charge in [-0.15, -0.1) is 0 Å². The van der Waals surface area contributed by atoms with Gasteiger partial charge in [-0.2, -0.15) is 0 Å². The summed E-state index contributed by atoms with van der Waals surface area (Å²) in [5.41, 5.74) is 0.659. The first-order chi connectivity index (χ1) is 10.6. The van der Waals surface area contributed by atoms with E-state index in [1.807, 2.05) is 13.0 Å². The second kappa shape index (κ2) is 5.36. The second-order valence-electron chi connectivity index (χ2n) is 4.65. The van der Waals surface area contributed by atoms with Gasteiger partial charge in [0.2, 0.25) is 5.43 Å². The zero-order valence-electron chi connectivity index (χ0n) is 11.7. The summed E-state index contributed by atoms with van der Waals surface area (Å²) in [4.78, 5) is 38.9. The summed E-state index contributed by atoms with van der Waals surface area (Å²) in [6.07, 6.45) is 4.92. The van der Waals surface area contributed by atoms with E-state index in [2.05, 4.69) is 19.9 Å². The van der Waals surface area contributed by atoms with Gasteiger partial charge in [0.25, 0.3) is 0 Å². The average Bonchev–Trinajstić information content (AvgIpc) is 2.54. The van der Waals surface area contributed by atoms with Crippen molar-refractivity contribution in [1.82, 2.24) is 19.9 Å². The third kappa shape index (κ3) is 2.22. The Hall–Kier alpha value is -3.09. The van der Waals surface area contributed by atoms with Crippen molar-refractivity contribution < 1.29 is 9.90 Å². The normalized spacial score (nSPS) is 10.8. The smallest absolute Gasteiger partial charge is 0.341 e. The van der Waals surface area contributed by atoms with E-state index in [0.717, 1.165) is 11.8 Å². The number of pyridine rings is 2. The zero-order chi connectivity index (χ0) is 15.7. The number of H-pyrrole nitrogens is 1. The molecule has 0 aliphatic heterocycles. The Labute approximate surface area is 124 Å². The quantitative estimate of drug-likeness (QED) is 0.760. The van der Waals surface area contributed by atoms with Gasteiger partial charge < -0.3 is 10.1 Å². The standard InChI is InChI=1S/C15H12N4O3/c1-2-10-11-12(20)9(15(21)22)7-17-14(11)19-13(18-10)8-4-3-5-16-6-8/h3-7H,2H2,1H3,(H,21,22)(H,17,18,19,20).